The molecule has 2 N–H and O–H groups in total. The van der Waals surface area contributed by atoms with E-state index in [0.717, 1.165) is 15.9 Å². The van der Waals surface area contributed by atoms with Crippen molar-refractivity contribution in [3.8, 4) is 0 Å². The number of nitrogens with two attached hydrogens (primary N) is 1. The van der Waals surface area contributed by atoms with E-state index in [0.29, 0.717) is 15.0 Å². The summed E-state index contributed by atoms with van der Waals surface area (Å²) < 4.78 is 1.39. The van der Waals surface area contributed by atoms with Gasteiger partial charge in [-0.15, -0.1) is 0 Å². The summed E-state index contributed by atoms with van der Waals surface area (Å²) in [6.45, 7) is 0. The van der Waals surface area contributed by atoms with E-state index in [2.05, 4.69) is 24.3 Å². The Morgan fingerprint density at radius 1 is 1.00 bits per heavy atom. The first-order chi connectivity index (χ1) is 8.25. The number of hydrogen-bond acceptors (Lipinski definition) is 1. The summed E-state index contributed by atoms with van der Waals surface area (Å²) >= 11 is 6.28. The number of rotatable bonds is 4. The van der Waals surface area contributed by atoms with Crippen molar-refractivity contribution < 1.29 is 0 Å². The van der Waals surface area contributed by atoms with Gasteiger partial charge < -0.3 is 0 Å². The number of halogens is 1. The molecule has 0 heterocycles. The van der Waals surface area contributed by atoms with Crippen LogP contribution in [0.25, 0.3) is 0 Å². The SMILES string of the molecule is NC(C[Se]c1ccccc1)c1ccc(Cl)cc1. The Morgan fingerprint density at radius 2 is 1.65 bits per heavy atom. The zero-order valence-corrected chi connectivity index (χ0v) is 11.8. The van der Waals surface area contributed by atoms with Gasteiger partial charge in [-0.2, -0.15) is 0 Å². The van der Waals surface area contributed by atoms with Crippen LogP contribution in [0, 0.1) is 0 Å². The van der Waals surface area contributed by atoms with Crippen LogP contribution in [0.4, 0.5) is 0 Å². The molecule has 2 rings (SSSR count). The Balaban J connectivity index is 1.93. The summed E-state index contributed by atoms with van der Waals surface area (Å²) in [5.74, 6) is 0. The van der Waals surface area contributed by atoms with Gasteiger partial charge >= 0.3 is 113 Å². The first-order valence-electron chi connectivity index (χ1n) is 5.44. The predicted octanol–water partition coefficient (Wildman–Crippen LogP) is 2.79. The molecule has 88 valence electrons. The van der Waals surface area contributed by atoms with Crippen LogP contribution in [-0.4, -0.2) is 15.0 Å². The van der Waals surface area contributed by atoms with Gasteiger partial charge in [0.1, 0.15) is 0 Å². The van der Waals surface area contributed by atoms with Crippen molar-refractivity contribution >= 4 is 31.0 Å². The van der Waals surface area contributed by atoms with Gasteiger partial charge in [-0.05, 0) is 0 Å². The molecule has 0 amide bonds. The normalized spacial score (nSPS) is 12.4. The topological polar surface area (TPSA) is 26.0 Å². The molecule has 0 aromatic heterocycles. The third-order valence-electron chi connectivity index (χ3n) is 2.47. The number of hydrogen-bond donors (Lipinski definition) is 1. The molecule has 1 nitrogen and oxygen atoms in total. The van der Waals surface area contributed by atoms with E-state index in [1.807, 2.05) is 30.3 Å². The van der Waals surface area contributed by atoms with Gasteiger partial charge in [0.05, 0.1) is 0 Å². The van der Waals surface area contributed by atoms with Crippen LogP contribution < -0.4 is 10.2 Å². The van der Waals surface area contributed by atoms with Gasteiger partial charge in [0.2, 0.25) is 0 Å². The van der Waals surface area contributed by atoms with Crippen molar-refractivity contribution in [3.05, 3.63) is 65.2 Å². The minimum atomic E-state index is 0.104. The quantitative estimate of drug-likeness (QED) is 0.864. The van der Waals surface area contributed by atoms with E-state index in [-0.39, 0.29) is 6.04 Å². The van der Waals surface area contributed by atoms with E-state index in [4.69, 9.17) is 17.3 Å². The van der Waals surface area contributed by atoms with Gasteiger partial charge in [-0.1, -0.05) is 0 Å². The summed E-state index contributed by atoms with van der Waals surface area (Å²) in [4.78, 5) is 0. The second-order valence-corrected chi connectivity index (χ2v) is 6.51. The van der Waals surface area contributed by atoms with Crippen LogP contribution in [0.5, 0.6) is 0 Å². The molecule has 0 spiro atoms. The zero-order chi connectivity index (χ0) is 12.1. The maximum absolute atomic E-state index is 6.17. The van der Waals surface area contributed by atoms with E-state index >= 15 is 0 Å². The molecule has 0 radical (unpaired) electrons. The first-order valence-corrected chi connectivity index (χ1v) is 7.89. The van der Waals surface area contributed by atoms with Crippen LogP contribution in [0.1, 0.15) is 11.6 Å². The Labute approximate surface area is 113 Å². The molecule has 1 unspecified atom stereocenters. The van der Waals surface area contributed by atoms with E-state index < -0.39 is 0 Å². The third kappa shape index (κ3) is 3.86. The van der Waals surface area contributed by atoms with Crippen molar-refractivity contribution in [1.82, 2.24) is 0 Å². The monoisotopic (exact) mass is 311 g/mol. The summed E-state index contributed by atoms with van der Waals surface area (Å²) in [5.41, 5.74) is 7.32. The van der Waals surface area contributed by atoms with Gasteiger partial charge in [0, 0.05) is 0 Å². The van der Waals surface area contributed by atoms with Crippen LogP contribution in [-0.2, 0) is 0 Å². The van der Waals surface area contributed by atoms with Gasteiger partial charge in [-0.3, -0.25) is 0 Å². The molecule has 0 saturated carbocycles. The van der Waals surface area contributed by atoms with Crippen molar-refractivity contribution in [3.63, 3.8) is 0 Å². The van der Waals surface area contributed by atoms with E-state index in [1.54, 1.807) is 0 Å². The van der Waals surface area contributed by atoms with Crippen molar-refractivity contribution in [2.24, 2.45) is 5.73 Å². The second kappa shape index (κ2) is 6.23. The molecular weight excluding hydrogens is 297 g/mol. The molecule has 17 heavy (non-hydrogen) atoms. The molecule has 0 aliphatic rings. The van der Waals surface area contributed by atoms with Crippen molar-refractivity contribution in [2.45, 2.75) is 11.4 Å². The van der Waals surface area contributed by atoms with Crippen LogP contribution >= 0.6 is 11.6 Å². The average Bonchev–Trinajstić information content (AvgIpc) is 2.38. The molecule has 0 aliphatic heterocycles. The standard InChI is InChI=1S/C14H14ClNSe/c15-12-8-6-11(7-9-12)14(16)10-17-13-4-2-1-3-5-13/h1-9,14H,10,16H2. The average molecular weight is 311 g/mol. The second-order valence-electron chi connectivity index (χ2n) is 3.78. The summed E-state index contributed by atoms with van der Waals surface area (Å²) in [6, 6.07) is 18.4. The Morgan fingerprint density at radius 3 is 2.29 bits per heavy atom. The molecule has 0 saturated heterocycles. The van der Waals surface area contributed by atoms with Crippen molar-refractivity contribution in [1.29, 1.82) is 0 Å². The number of benzene rings is 2. The van der Waals surface area contributed by atoms with Gasteiger partial charge in [0.25, 0.3) is 0 Å². The fraction of sp³-hybridized carbons (Fsp3) is 0.143. The Hall–Kier alpha value is -0.791. The van der Waals surface area contributed by atoms with E-state index in [1.165, 1.54) is 4.46 Å². The first kappa shape index (κ1) is 12.7. The summed E-state index contributed by atoms with van der Waals surface area (Å²) in [6.07, 6.45) is 0. The fourth-order valence-electron chi connectivity index (χ4n) is 1.51. The zero-order valence-electron chi connectivity index (χ0n) is 9.34. The minimum absolute atomic E-state index is 0.104. The molecule has 2 aromatic carbocycles. The van der Waals surface area contributed by atoms with Crippen molar-refractivity contribution in [2.75, 3.05) is 0 Å². The van der Waals surface area contributed by atoms with Crippen LogP contribution in [0.2, 0.25) is 10.3 Å². The Bertz CT molecular complexity index is 455. The predicted molar refractivity (Wildman–Crippen MR) is 75.0 cm³/mol. The van der Waals surface area contributed by atoms with Crippen LogP contribution in [0.3, 0.4) is 0 Å². The molecule has 0 bridgehead atoms. The van der Waals surface area contributed by atoms with Gasteiger partial charge in [-0.25, -0.2) is 0 Å². The summed E-state index contributed by atoms with van der Waals surface area (Å²) in [5, 5.41) is 1.77. The molecule has 0 aliphatic carbocycles. The molecule has 0 fully saturated rings. The molecule has 2 aromatic rings. The van der Waals surface area contributed by atoms with E-state index in [9.17, 15) is 0 Å². The maximum atomic E-state index is 6.17. The molecule has 1 atom stereocenters. The molecule has 3 heteroatoms. The fourth-order valence-corrected chi connectivity index (χ4v) is 3.55. The molecular formula is C14H14ClNSe. The Kier molecular flexibility index (Phi) is 4.64. The summed E-state index contributed by atoms with van der Waals surface area (Å²) in [7, 11) is 0. The van der Waals surface area contributed by atoms with Crippen LogP contribution in [0.15, 0.2) is 54.6 Å². The van der Waals surface area contributed by atoms with Gasteiger partial charge in [0.15, 0.2) is 0 Å². The third-order valence-corrected chi connectivity index (χ3v) is 5.10.